The third-order valence-electron chi connectivity index (χ3n) is 6.25. The molecule has 0 heterocycles. The minimum absolute atomic E-state index is 0.0346. The van der Waals surface area contributed by atoms with Gasteiger partial charge in [-0.05, 0) is 68.3 Å². The highest BCUT2D eigenvalue weighted by Crippen LogP contribution is 2.53. The molecule has 0 spiro atoms. The van der Waals surface area contributed by atoms with Crippen LogP contribution in [0.2, 0.25) is 0 Å². The minimum atomic E-state index is 0.0346. The maximum absolute atomic E-state index is 12.6. The van der Waals surface area contributed by atoms with Gasteiger partial charge in [-0.1, -0.05) is 30.3 Å². The number of hydrogen-bond donors (Lipinski definition) is 1. The SMILES string of the molecule is CC(SCc1ccccc1)C(=O)NC1C2CC3CC(C2)CC1C3. The second-order valence-corrected chi connectivity index (χ2v) is 9.23. The maximum atomic E-state index is 12.6. The molecule has 1 aromatic rings. The van der Waals surface area contributed by atoms with E-state index in [1.807, 2.05) is 6.07 Å². The molecule has 4 fully saturated rings. The zero-order valence-electron chi connectivity index (χ0n) is 13.9. The van der Waals surface area contributed by atoms with Crippen molar-refractivity contribution in [2.45, 2.75) is 56.1 Å². The first kappa shape index (κ1) is 15.6. The molecular weight excluding hydrogens is 302 g/mol. The van der Waals surface area contributed by atoms with Crippen LogP contribution in [0.15, 0.2) is 30.3 Å². The minimum Gasteiger partial charge on any atom is -0.352 e. The van der Waals surface area contributed by atoms with E-state index in [1.54, 1.807) is 11.8 Å². The number of carbonyl (C=O) groups is 1. The Bertz CT molecular complexity index is 530. The summed E-state index contributed by atoms with van der Waals surface area (Å²) in [5.41, 5.74) is 1.30. The maximum Gasteiger partial charge on any atom is 0.233 e. The van der Waals surface area contributed by atoms with E-state index in [1.165, 1.54) is 37.7 Å². The molecule has 0 aliphatic heterocycles. The molecule has 4 bridgehead atoms. The van der Waals surface area contributed by atoms with Gasteiger partial charge in [-0.2, -0.15) is 0 Å². The number of rotatable bonds is 5. The second-order valence-electron chi connectivity index (χ2n) is 7.90. The van der Waals surface area contributed by atoms with Gasteiger partial charge >= 0.3 is 0 Å². The normalized spacial score (nSPS) is 36.0. The van der Waals surface area contributed by atoms with Gasteiger partial charge in [0.05, 0.1) is 5.25 Å². The van der Waals surface area contributed by atoms with Crippen molar-refractivity contribution >= 4 is 17.7 Å². The first-order chi connectivity index (χ1) is 11.2. The summed E-state index contributed by atoms with van der Waals surface area (Å²) in [6.45, 7) is 2.05. The van der Waals surface area contributed by atoms with Gasteiger partial charge in [0.1, 0.15) is 0 Å². The lowest BCUT2D eigenvalue weighted by Gasteiger charge is -2.54. The van der Waals surface area contributed by atoms with Crippen LogP contribution in [-0.4, -0.2) is 17.2 Å². The third kappa shape index (κ3) is 3.31. The van der Waals surface area contributed by atoms with Crippen LogP contribution in [0, 0.1) is 23.7 Å². The Balaban J connectivity index is 1.31. The highest BCUT2D eigenvalue weighted by atomic mass is 32.2. The number of hydrogen-bond acceptors (Lipinski definition) is 2. The molecule has 5 rings (SSSR count). The quantitative estimate of drug-likeness (QED) is 0.875. The fourth-order valence-electron chi connectivity index (χ4n) is 5.31. The van der Waals surface area contributed by atoms with E-state index in [0.717, 1.165) is 29.4 Å². The second kappa shape index (κ2) is 6.51. The molecule has 23 heavy (non-hydrogen) atoms. The largest absolute Gasteiger partial charge is 0.352 e. The monoisotopic (exact) mass is 329 g/mol. The molecule has 0 saturated heterocycles. The molecule has 4 aliphatic rings. The van der Waals surface area contributed by atoms with Crippen LogP contribution in [0.25, 0.3) is 0 Å². The molecule has 1 atom stereocenters. The van der Waals surface area contributed by atoms with Crippen LogP contribution in [0.3, 0.4) is 0 Å². The Kier molecular flexibility index (Phi) is 4.40. The zero-order chi connectivity index (χ0) is 15.8. The van der Waals surface area contributed by atoms with Crippen molar-refractivity contribution in [3.8, 4) is 0 Å². The topological polar surface area (TPSA) is 29.1 Å². The third-order valence-corrected chi connectivity index (χ3v) is 7.46. The summed E-state index contributed by atoms with van der Waals surface area (Å²) in [6.07, 6.45) is 6.93. The van der Waals surface area contributed by atoms with Gasteiger partial charge in [0.15, 0.2) is 0 Å². The van der Waals surface area contributed by atoms with Crippen LogP contribution < -0.4 is 5.32 Å². The van der Waals surface area contributed by atoms with Crippen LogP contribution in [0.4, 0.5) is 0 Å². The average molecular weight is 330 g/mol. The number of benzene rings is 1. The molecule has 1 unspecified atom stereocenters. The fraction of sp³-hybridized carbons (Fsp3) is 0.650. The van der Waals surface area contributed by atoms with Gasteiger partial charge in [0, 0.05) is 11.8 Å². The van der Waals surface area contributed by atoms with Gasteiger partial charge in [-0.25, -0.2) is 0 Å². The summed E-state index contributed by atoms with van der Waals surface area (Å²) in [5, 5.41) is 3.47. The predicted molar refractivity (Wildman–Crippen MR) is 96.2 cm³/mol. The van der Waals surface area contributed by atoms with Gasteiger partial charge in [0.2, 0.25) is 5.91 Å². The molecule has 0 radical (unpaired) electrons. The predicted octanol–water partition coefficient (Wildman–Crippen LogP) is 4.25. The lowest BCUT2D eigenvalue weighted by Crippen LogP contribution is -2.56. The molecule has 0 aromatic heterocycles. The van der Waals surface area contributed by atoms with E-state index in [9.17, 15) is 4.79 Å². The lowest BCUT2D eigenvalue weighted by molar-refractivity contribution is -0.124. The van der Waals surface area contributed by atoms with Crippen molar-refractivity contribution in [2.24, 2.45) is 23.7 Å². The Labute approximate surface area is 143 Å². The van der Waals surface area contributed by atoms with Crippen LogP contribution >= 0.6 is 11.8 Å². The van der Waals surface area contributed by atoms with E-state index in [4.69, 9.17) is 0 Å². The standard InChI is InChI=1S/C20H27NOS/c1-13(23-12-14-5-3-2-4-6-14)20(22)21-19-17-8-15-7-16(10-17)11-18(19)9-15/h2-6,13,15-19H,7-12H2,1H3,(H,21,22). The molecule has 4 saturated carbocycles. The molecule has 2 nitrogen and oxygen atoms in total. The highest BCUT2D eigenvalue weighted by Gasteiger charge is 2.48. The van der Waals surface area contributed by atoms with E-state index < -0.39 is 0 Å². The van der Waals surface area contributed by atoms with Gasteiger partial charge in [-0.15, -0.1) is 11.8 Å². The van der Waals surface area contributed by atoms with Gasteiger partial charge < -0.3 is 5.32 Å². The van der Waals surface area contributed by atoms with E-state index in [2.05, 4.69) is 36.5 Å². The number of amides is 1. The number of nitrogens with one attached hydrogen (secondary N) is 1. The van der Waals surface area contributed by atoms with Crippen LogP contribution in [0.1, 0.15) is 44.6 Å². The molecule has 1 aromatic carbocycles. The van der Waals surface area contributed by atoms with Crippen molar-refractivity contribution in [3.63, 3.8) is 0 Å². The van der Waals surface area contributed by atoms with E-state index in [0.29, 0.717) is 6.04 Å². The van der Waals surface area contributed by atoms with Gasteiger partial charge in [-0.3, -0.25) is 4.79 Å². The van der Waals surface area contributed by atoms with Crippen LogP contribution in [0.5, 0.6) is 0 Å². The Hall–Kier alpha value is -0.960. The van der Waals surface area contributed by atoms with Crippen molar-refractivity contribution < 1.29 is 4.79 Å². The first-order valence-electron chi connectivity index (χ1n) is 9.15. The summed E-state index contributed by atoms with van der Waals surface area (Å²) in [5.74, 6) is 4.63. The molecule has 4 aliphatic carbocycles. The van der Waals surface area contributed by atoms with Crippen molar-refractivity contribution in [2.75, 3.05) is 0 Å². The number of thioether (sulfide) groups is 1. The molecule has 1 N–H and O–H groups in total. The Morgan fingerprint density at radius 2 is 1.70 bits per heavy atom. The Morgan fingerprint density at radius 1 is 1.09 bits per heavy atom. The Morgan fingerprint density at radius 3 is 2.30 bits per heavy atom. The van der Waals surface area contributed by atoms with Gasteiger partial charge in [0.25, 0.3) is 0 Å². The summed E-state index contributed by atoms with van der Waals surface area (Å²) in [4.78, 5) is 12.6. The molecule has 3 heteroatoms. The van der Waals surface area contributed by atoms with Crippen molar-refractivity contribution in [1.82, 2.24) is 5.32 Å². The first-order valence-corrected chi connectivity index (χ1v) is 10.2. The van der Waals surface area contributed by atoms with Crippen LogP contribution in [-0.2, 0) is 10.5 Å². The smallest absolute Gasteiger partial charge is 0.233 e. The molecule has 1 amide bonds. The van der Waals surface area contributed by atoms with E-state index >= 15 is 0 Å². The zero-order valence-corrected chi connectivity index (χ0v) is 14.7. The van der Waals surface area contributed by atoms with Crippen molar-refractivity contribution in [1.29, 1.82) is 0 Å². The average Bonchev–Trinajstić information content (AvgIpc) is 2.56. The lowest BCUT2D eigenvalue weighted by atomic mass is 9.54. The number of carbonyl (C=O) groups excluding carboxylic acids is 1. The summed E-state index contributed by atoms with van der Waals surface area (Å²) < 4.78 is 0. The van der Waals surface area contributed by atoms with E-state index in [-0.39, 0.29) is 11.2 Å². The molecule has 124 valence electrons. The summed E-state index contributed by atoms with van der Waals surface area (Å²) >= 11 is 1.75. The summed E-state index contributed by atoms with van der Waals surface area (Å²) in [7, 11) is 0. The highest BCUT2D eigenvalue weighted by molar-refractivity contribution is 7.99. The molecular formula is C20H27NOS. The summed E-state index contributed by atoms with van der Waals surface area (Å²) in [6, 6.07) is 10.9. The fourth-order valence-corrected chi connectivity index (χ4v) is 6.17. The van der Waals surface area contributed by atoms with Crippen molar-refractivity contribution in [3.05, 3.63) is 35.9 Å².